The molecule has 30 heavy (non-hydrogen) atoms. The van der Waals surface area contributed by atoms with Crippen LogP contribution < -0.4 is 9.64 Å². The zero-order valence-electron chi connectivity index (χ0n) is 17.4. The minimum absolute atomic E-state index is 0.695. The predicted octanol–water partition coefficient (Wildman–Crippen LogP) is 4.03. The van der Waals surface area contributed by atoms with Crippen molar-refractivity contribution in [2.24, 2.45) is 0 Å². The van der Waals surface area contributed by atoms with E-state index >= 15 is 0 Å². The van der Waals surface area contributed by atoms with Crippen molar-refractivity contribution in [2.45, 2.75) is 25.0 Å². The fourth-order valence-electron chi connectivity index (χ4n) is 3.41. The number of anilines is 1. The van der Waals surface area contributed by atoms with Crippen molar-refractivity contribution in [3.8, 4) is 5.75 Å². The quantitative estimate of drug-likeness (QED) is 0.382. The molecule has 0 N–H and O–H groups in total. The fourth-order valence-corrected chi connectivity index (χ4v) is 4.26. The van der Waals surface area contributed by atoms with Gasteiger partial charge in [-0.15, -0.1) is 10.2 Å². The number of ether oxygens (including phenoxy) is 2. The molecular formula is C23H28N4O2S. The lowest BCUT2D eigenvalue weighted by atomic mass is 10.2. The van der Waals surface area contributed by atoms with Crippen LogP contribution in [0.15, 0.2) is 59.8 Å². The lowest BCUT2D eigenvalue weighted by molar-refractivity contribution is 0.121. The average Bonchev–Trinajstić information content (AvgIpc) is 3.18. The number of rotatable bonds is 9. The molecule has 4 rings (SSSR count). The molecule has 7 heteroatoms. The molecule has 1 aliphatic rings. The van der Waals surface area contributed by atoms with Gasteiger partial charge in [-0.25, -0.2) is 0 Å². The zero-order chi connectivity index (χ0) is 20.6. The molecule has 2 aromatic carbocycles. The molecule has 6 nitrogen and oxygen atoms in total. The minimum atomic E-state index is 0.695. The van der Waals surface area contributed by atoms with Crippen molar-refractivity contribution < 1.29 is 9.47 Å². The molecule has 1 aromatic heterocycles. The van der Waals surface area contributed by atoms with Crippen LogP contribution in [0.25, 0.3) is 0 Å². The van der Waals surface area contributed by atoms with Crippen molar-refractivity contribution in [1.82, 2.24) is 14.8 Å². The SMILES string of the molecule is Cc1ccccc1OCCCSc1nnc(N2CCOCC2)n1Cc1ccccc1. The third kappa shape index (κ3) is 5.34. The summed E-state index contributed by atoms with van der Waals surface area (Å²) in [6, 6.07) is 18.6. The lowest BCUT2D eigenvalue weighted by Gasteiger charge is -2.28. The lowest BCUT2D eigenvalue weighted by Crippen LogP contribution is -2.38. The number of morpholine rings is 1. The Kier molecular flexibility index (Phi) is 7.26. The second-order valence-electron chi connectivity index (χ2n) is 7.27. The number of hydrogen-bond acceptors (Lipinski definition) is 6. The second-order valence-corrected chi connectivity index (χ2v) is 8.33. The van der Waals surface area contributed by atoms with E-state index in [2.05, 4.69) is 56.9 Å². The van der Waals surface area contributed by atoms with Crippen LogP contribution in [0.2, 0.25) is 0 Å². The number of para-hydroxylation sites is 1. The largest absolute Gasteiger partial charge is 0.493 e. The number of aryl methyl sites for hydroxylation is 1. The summed E-state index contributed by atoms with van der Waals surface area (Å²) in [5, 5.41) is 9.99. The summed E-state index contributed by atoms with van der Waals surface area (Å²) in [6.07, 6.45) is 0.948. The highest BCUT2D eigenvalue weighted by Crippen LogP contribution is 2.25. The first-order valence-electron chi connectivity index (χ1n) is 10.4. The van der Waals surface area contributed by atoms with E-state index in [4.69, 9.17) is 9.47 Å². The van der Waals surface area contributed by atoms with Gasteiger partial charge < -0.3 is 14.4 Å². The molecule has 1 aliphatic heterocycles. The van der Waals surface area contributed by atoms with E-state index in [1.807, 2.05) is 24.3 Å². The normalized spacial score (nSPS) is 14.1. The number of benzene rings is 2. The summed E-state index contributed by atoms with van der Waals surface area (Å²) in [5.41, 5.74) is 2.42. The van der Waals surface area contributed by atoms with E-state index in [1.165, 1.54) is 11.1 Å². The Labute approximate surface area is 182 Å². The maximum atomic E-state index is 5.92. The molecule has 0 bridgehead atoms. The Balaban J connectivity index is 1.39. The molecule has 0 unspecified atom stereocenters. The second kappa shape index (κ2) is 10.5. The third-order valence-corrected chi connectivity index (χ3v) is 6.10. The van der Waals surface area contributed by atoms with E-state index in [9.17, 15) is 0 Å². The van der Waals surface area contributed by atoms with Gasteiger partial charge in [-0.2, -0.15) is 0 Å². The van der Waals surface area contributed by atoms with Gasteiger partial charge in [0.25, 0.3) is 0 Å². The van der Waals surface area contributed by atoms with Gasteiger partial charge in [-0.3, -0.25) is 4.57 Å². The molecule has 0 aliphatic carbocycles. The molecule has 0 saturated carbocycles. The highest BCUT2D eigenvalue weighted by atomic mass is 32.2. The Morgan fingerprint density at radius 3 is 2.57 bits per heavy atom. The Morgan fingerprint density at radius 2 is 1.77 bits per heavy atom. The molecule has 1 fully saturated rings. The molecule has 158 valence electrons. The maximum absolute atomic E-state index is 5.92. The maximum Gasteiger partial charge on any atom is 0.228 e. The molecule has 2 heterocycles. The van der Waals surface area contributed by atoms with Crippen LogP contribution in [0.1, 0.15) is 17.5 Å². The predicted molar refractivity (Wildman–Crippen MR) is 121 cm³/mol. The van der Waals surface area contributed by atoms with Gasteiger partial charge in [0, 0.05) is 18.8 Å². The highest BCUT2D eigenvalue weighted by Gasteiger charge is 2.20. The van der Waals surface area contributed by atoms with Crippen LogP contribution in [0, 0.1) is 6.92 Å². The topological polar surface area (TPSA) is 52.4 Å². The monoisotopic (exact) mass is 424 g/mol. The van der Waals surface area contributed by atoms with E-state index in [0.29, 0.717) is 6.61 Å². The molecule has 0 spiro atoms. The van der Waals surface area contributed by atoms with Crippen molar-refractivity contribution in [3.63, 3.8) is 0 Å². The fraction of sp³-hybridized carbons (Fsp3) is 0.391. The zero-order valence-corrected chi connectivity index (χ0v) is 18.2. The number of aromatic nitrogens is 3. The highest BCUT2D eigenvalue weighted by molar-refractivity contribution is 7.99. The van der Waals surface area contributed by atoms with Crippen LogP contribution in [-0.2, 0) is 11.3 Å². The van der Waals surface area contributed by atoms with E-state index in [-0.39, 0.29) is 0 Å². The summed E-state index contributed by atoms with van der Waals surface area (Å²) in [7, 11) is 0. The molecule has 0 radical (unpaired) electrons. The molecule has 1 saturated heterocycles. The van der Waals surface area contributed by atoms with Crippen LogP contribution in [-0.4, -0.2) is 53.4 Å². The first-order valence-corrected chi connectivity index (χ1v) is 11.4. The van der Waals surface area contributed by atoms with Gasteiger partial charge in [-0.05, 0) is 30.5 Å². The van der Waals surface area contributed by atoms with Gasteiger partial charge in [0.2, 0.25) is 5.95 Å². The van der Waals surface area contributed by atoms with Crippen LogP contribution in [0.3, 0.4) is 0 Å². The van der Waals surface area contributed by atoms with Crippen LogP contribution >= 0.6 is 11.8 Å². The van der Waals surface area contributed by atoms with Gasteiger partial charge in [0.1, 0.15) is 5.75 Å². The van der Waals surface area contributed by atoms with Crippen molar-refractivity contribution >= 4 is 17.7 Å². The summed E-state index contributed by atoms with van der Waals surface area (Å²) >= 11 is 1.74. The van der Waals surface area contributed by atoms with Crippen molar-refractivity contribution in [1.29, 1.82) is 0 Å². The molecule has 0 amide bonds. The van der Waals surface area contributed by atoms with Crippen LogP contribution in [0.4, 0.5) is 5.95 Å². The third-order valence-electron chi connectivity index (χ3n) is 5.05. The summed E-state index contributed by atoms with van der Waals surface area (Å²) in [4.78, 5) is 2.27. The van der Waals surface area contributed by atoms with E-state index < -0.39 is 0 Å². The van der Waals surface area contributed by atoms with Gasteiger partial charge in [-0.1, -0.05) is 60.3 Å². The van der Waals surface area contributed by atoms with Crippen LogP contribution in [0.5, 0.6) is 5.75 Å². The summed E-state index contributed by atoms with van der Waals surface area (Å²) in [6.45, 7) is 6.70. The first kappa shape index (κ1) is 20.8. The van der Waals surface area contributed by atoms with Gasteiger partial charge in [0.15, 0.2) is 5.16 Å². The number of nitrogens with zero attached hydrogens (tertiary/aromatic N) is 4. The summed E-state index contributed by atoms with van der Waals surface area (Å²) in [5.74, 6) is 2.83. The average molecular weight is 425 g/mol. The van der Waals surface area contributed by atoms with E-state index in [0.717, 1.165) is 61.9 Å². The van der Waals surface area contributed by atoms with Crippen molar-refractivity contribution in [3.05, 3.63) is 65.7 Å². The van der Waals surface area contributed by atoms with Crippen molar-refractivity contribution in [2.75, 3.05) is 43.6 Å². The first-order chi connectivity index (χ1) is 14.8. The van der Waals surface area contributed by atoms with E-state index in [1.54, 1.807) is 11.8 Å². The smallest absolute Gasteiger partial charge is 0.228 e. The Bertz CT molecular complexity index is 926. The number of hydrogen-bond donors (Lipinski definition) is 0. The molecule has 0 atom stereocenters. The number of thioether (sulfide) groups is 1. The molecular weight excluding hydrogens is 396 g/mol. The minimum Gasteiger partial charge on any atom is -0.493 e. The Morgan fingerprint density at radius 1 is 1.00 bits per heavy atom. The molecule has 3 aromatic rings. The van der Waals surface area contributed by atoms with Gasteiger partial charge >= 0.3 is 0 Å². The standard InChI is InChI=1S/C23H28N4O2S/c1-19-8-5-6-11-21(19)29-14-7-17-30-23-25-24-22(26-12-15-28-16-13-26)27(23)18-20-9-3-2-4-10-20/h2-6,8-11H,7,12-18H2,1H3. The summed E-state index contributed by atoms with van der Waals surface area (Å²) < 4.78 is 13.7. The van der Waals surface area contributed by atoms with Gasteiger partial charge in [0.05, 0.1) is 26.4 Å². The Hall–Kier alpha value is -2.51.